The molecule has 1 aliphatic rings. The largest absolute Gasteiger partial charge is 0.395 e. The fourth-order valence-electron chi connectivity index (χ4n) is 2.60. The lowest BCUT2D eigenvalue weighted by Crippen LogP contribution is -2.46. The zero-order valence-corrected chi connectivity index (χ0v) is 14.6. The molecule has 1 fully saturated rings. The number of hydrogen-bond acceptors (Lipinski definition) is 7. The van der Waals surface area contributed by atoms with Crippen LogP contribution in [0.2, 0.25) is 0 Å². The van der Waals surface area contributed by atoms with Gasteiger partial charge in [-0.3, -0.25) is 0 Å². The Morgan fingerprint density at radius 3 is 1.96 bits per heavy atom. The summed E-state index contributed by atoms with van der Waals surface area (Å²) in [6, 6.07) is 0.471. The monoisotopic (exact) mass is 330 g/mol. The Morgan fingerprint density at radius 2 is 1.35 bits per heavy atom. The Bertz CT molecular complexity index is 229. The molecule has 7 heteroatoms. The van der Waals surface area contributed by atoms with Gasteiger partial charge in [-0.1, -0.05) is 0 Å². The molecule has 0 aromatic heterocycles. The molecule has 7 nitrogen and oxygen atoms in total. The topological polar surface area (TPSA) is 92.4 Å². The molecule has 138 valence electrons. The summed E-state index contributed by atoms with van der Waals surface area (Å²) in [7, 11) is 0. The summed E-state index contributed by atoms with van der Waals surface area (Å²) < 4.78 is 0. The third-order valence-electron chi connectivity index (χ3n) is 3.93. The lowest BCUT2D eigenvalue weighted by Gasteiger charge is -2.20. The number of hydrogen-bond donors (Lipinski definition) is 7. The van der Waals surface area contributed by atoms with Crippen LogP contribution in [-0.2, 0) is 0 Å². The van der Waals surface area contributed by atoms with E-state index in [1.807, 2.05) is 0 Å². The lowest BCUT2D eigenvalue weighted by molar-refractivity contribution is 0.292. The van der Waals surface area contributed by atoms with Gasteiger partial charge in [0.25, 0.3) is 0 Å². The van der Waals surface area contributed by atoms with Gasteiger partial charge < -0.3 is 37.0 Å². The van der Waals surface area contributed by atoms with Crippen molar-refractivity contribution >= 4 is 0 Å². The molecule has 23 heavy (non-hydrogen) atoms. The average molecular weight is 331 g/mol. The summed E-state index contributed by atoms with van der Waals surface area (Å²) in [5, 5.41) is 29.6. The van der Waals surface area contributed by atoms with E-state index in [0.717, 1.165) is 71.9 Å². The van der Waals surface area contributed by atoms with Crippen molar-refractivity contribution in [1.29, 1.82) is 0 Å². The first-order valence-electron chi connectivity index (χ1n) is 9.31. The van der Waals surface area contributed by atoms with Gasteiger partial charge in [0.15, 0.2) is 0 Å². The van der Waals surface area contributed by atoms with Crippen molar-refractivity contribution in [1.82, 2.24) is 31.9 Å². The van der Waals surface area contributed by atoms with Crippen LogP contribution in [0.25, 0.3) is 0 Å². The van der Waals surface area contributed by atoms with Crippen molar-refractivity contribution in [2.24, 2.45) is 0 Å². The van der Waals surface area contributed by atoms with Gasteiger partial charge in [0.2, 0.25) is 0 Å². The molecule has 0 amide bonds. The third-order valence-corrected chi connectivity index (χ3v) is 3.93. The van der Waals surface area contributed by atoms with Crippen LogP contribution < -0.4 is 31.9 Å². The second-order valence-corrected chi connectivity index (χ2v) is 6.09. The van der Waals surface area contributed by atoms with Gasteiger partial charge in [-0.05, 0) is 58.5 Å². The summed E-state index contributed by atoms with van der Waals surface area (Å²) in [4.78, 5) is 0. The minimum atomic E-state index is 0.216. The minimum absolute atomic E-state index is 0.216. The van der Waals surface area contributed by atoms with Crippen LogP contribution in [0.3, 0.4) is 0 Å². The Labute approximate surface area is 141 Å². The van der Waals surface area contributed by atoms with E-state index in [1.165, 1.54) is 12.8 Å². The molecule has 0 aliphatic carbocycles. The summed E-state index contributed by atoms with van der Waals surface area (Å²) in [5.74, 6) is 0. The van der Waals surface area contributed by atoms with E-state index in [-0.39, 0.29) is 6.61 Å². The molecule has 0 spiro atoms. The molecule has 0 atom stereocenters. The van der Waals surface area contributed by atoms with Gasteiger partial charge in [0.1, 0.15) is 0 Å². The van der Waals surface area contributed by atoms with Gasteiger partial charge in [0.05, 0.1) is 6.61 Å². The normalized spacial score (nSPS) is 20.7. The van der Waals surface area contributed by atoms with E-state index in [1.54, 1.807) is 0 Å². The maximum atomic E-state index is 8.73. The molecule has 0 radical (unpaired) electrons. The Kier molecular flexibility index (Phi) is 15.0. The fourth-order valence-corrected chi connectivity index (χ4v) is 2.60. The van der Waals surface area contributed by atoms with Crippen LogP contribution in [0.5, 0.6) is 0 Å². The van der Waals surface area contributed by atoms with Gasteiger partial charge in [-0.2, -0.15) is 0 Å². The summed E-state index contributed by atoms with van der Waals surface area (Å²) >= 11 is 0. The van der Waals surface area contributed by atoms with E-state index in [0.29, 0.717) is 12.6 Å². The Hall–Kier alpha value is -0.280. The smallest absolute Gasteiger partial charge is 0.0555 e. The molecule has 0 unspecified atom stereocenters. The van der Waals surface area contributed by atoms with E-state index in [2.05, 4.69) is 31.9 Å². The molecule has 1 rings (SSSR count). The number of aliphatic hydroxyl groups is 1. The first-order chi connectivity index (χ1) is 11.4. The first kappa shape index (κ1) is 20.8. The molecule has 0 bridgehead atoms. The predicted molar refractivity (Wildman–Crippen MR) is 97.1 cm³/mol. The van der Waals surface area contributed by atoms with E-state index >= 15 is 0 Å². The fraction of sp³-hybridized carbons (Fsp3) is 1.00. The van der Waals surface area contributed by atoms with Crippen molar-refractivity contribution in [2.45, 2.75) is 25.3 Å². The predicted octanol–water partition coefficient (Wildman–Crippen LogP) is -1.93. The summed E-state index contributed by atoms with van der Waals surface area (Å²) in [6.45, 7) is 11.3. The van der Waals surface area contributed by atoms with Crippen molar-refractivity contribution < 1.29 is 5.11 Å². The third kappa shape index (κ3) is 13.8. The summed E-state index contributed by atoms with van der Waals surface area (Å²) in [5.41, 5.74) is 0. The highest BCUT2D eigenvalue weighted by molar-refractivity contribution is 4.73. The maximum Gasteiger partial charge on any atom is 0.0555 e. The first-order valence-corrected chi connectivity index (χ1v) is 9.31. The van der Waals surface area contributed by atoms with Gasteiger partial charge in [-0.25, -0.2) is 0 Å². The number of aliphatic hydroxyl groups excluding tert-OH is 1. The zero-order chi connectivity index (χ0) is 16.4. The molecule has 7 N–H and O–H groups in total. The van der Waals surface area contributed by atoms with E-state index in [9.17, 15) is 0 Å². The van der Waals surface area contributed by atoms with Crippen LogP contribution in [0.4, 0.5) is 0 Å². The number of nitrogens with one attached hydrogen (secondary N) is 6. The SMILES string of the molecule is OCCNCCCNC1CNCCCNCCNCCCNC1. The summed E-state index contributed by atoms with van der Waals surface area (Å²) in [6.07, 6.45) is 3.43. The van der Waals surface area contributed by atoms with Crippen LogP contribution in [0.15, 0.2) is 0 Å². The number of rotatable bonds is 7. The highest BCUT2D eigenvalue weighted by atomic mass is 16.3. The second kappa shape index (κ2) is 16.6. The molecule has 1 heterocycles. The lowest BCUT2D eigenvalue weighted by atomic mass is 10.2. The Balaban J connectivity index is 2.15. The van der Waals surface area contributed by atoms with Crippen LogP contribution >= 0.6 is 0 Å². The zero-order valence-electron chi connectivity index (χ0n) is 14.6. The van der Waals surface area contributed by atoms with E-state index in [4.69, 9.17) is 5.11 Å². The van der Waals surface area contributed by atoms with Crippen molar-refractivity contribution in [2.75, 3.05) is 78.6 Å². The van der Waals surface area contributed by atoms with Crippen molar-refractivity contribution in [3.8, 4) is 0 Å². The molecule has 1 aliphatic heterocycles. The molecular weight excluding hydrogens is 292 g/mol. The highest BCUT2D eigenvalue weighted by Gasteiger charge is 2.07. The Morgan fingerprint density at radius 1 is 0.739 bits per heavy atom. The molecule has 0 saturated carbocycles. The molecule has 0 aromatic rings. The molecule has 0 aromatic carbocycles. The quantitative estimate of drug-likeness (QED) is 0.273. The standard InChI is InChI=1S/C16H38N6O/c23-13-12-19-6-3-9-22-16-14-20-7-1-4-17-10-11-18-5-2-8-21-15-16/h16-23H,1-15H2. The average Bonchev–Trinajstić information content (AvgIpc) is 2.57. The van der Waals surface area contributed by atoms with Crippen LogP contribution in [0, 0.1) is 0 Å². The second-order valence-electron chi connectivity index (χ2n) is 6.09. The van der Waals surface area contributed by atoms with Gasteiger partial charge >= 0.3 is 0 Å². The molecular formula is C16H38N6O. The van der Waals surface area contributed by atoms with Gasteiger partial charge in [0, 0.05) is 38.8 Å². The van der Waals surface area contributed by atoms with Crippen LogP contribution in [-0.4, -0.2) is 89.7 Å². The molecule has 1 saturated heterocycles. The van der Waals surface area contributed by atoms with Gasteiger partial charge in [-0.15, -0.1) is 0 Å². The maximum absolute atomic E-state index is 8.73. The minimum Gasteiger partial charge on any atom is -0.395 e. The van der Waals surface area contributed by atoms with Crippen molar-refractivity contribution in [3.05, 3.63) is 0 Å². The highest BCUT2D eigenvalue weighted by Crippen LogP contribution is 1.85. The van der Waals surface area contributed by atoms with E-state index < -0.39 is 0 Å². The van der Waals surface area contributed by atoms with Crippen LogP contribution in [0.1, 0.15) is 19.3 Å². The van der Waals surface area contributed by atoms with Crippen molar-refractivity contribution in [3.63, 3.8) is 0 Å².